The SMILES string of the molecule is CCC(F)(F)c1ncccn1. The number of alkyl halides is 2. The number of hydrogen-bond donors (Lipinski definition) is 0. The summed E-state index contributed by atoms with van der Waals surface area (Å²) < 4.78 is 25.5. The Labute approximate surface area is 63.3 Å². The zero-order chi connectivity index (χ0) is 8.32. The largest absolute Gasteiger partial charge is 0.306 e. The van der Waals surface area contributed by atoms with Gasteiger partial charge in [0.25, 0.3) is 0 Å². The second-order valence-corrected chi connectivity index (χ2v) is 2.13. The third kappa shape index (κ3) is 1.69. The van der Waals surface area contributed by atoms with Crippen LogP contribution in [0.25, 0.3) is 0 Å². The highest BCUT2D eigenvalue weighted by Gasteiger charge is 2.31. The van der Waals surface area contributed by atoms with Crippen LogP contribution in [0.15, 0.2) is 18.5 Å². The smallest absolute Gasteiger partial charge is 0.236 e. The predicted octanol–water partition coefficient (Wildman–Crippen LogP) is 1.98. The second kappa shape index (κ2) is 2.90. The minimum absolute atomic E-state index is 0.267. The van der Waals surface area contributed by atoms with Crippen LogP contribution in [0.1, 0.15) is 19.2 Å². The van der Waals surface area contributed by atoms with Gasteiger partial charge in [0.15, 0.2) is 5.82 Å². The topological polar surface area (TPSA) is 25.8 Å². The van der Waals surface area contributed by atoms with Crippen LogP contribution in [-0.2, 0) is 5.92 Å². The molecule has 1 heterocycles. The molecule has 11 heavy (non-hydrogen) atoms. The number of hydrogen-bond acceptors (Lipinski definition) is 2. The first-order valence-electron chi connectivity index (χ1n) is 3.32. The van der Waals surface area contributed by atoms with E-state index >= 15 is 0 Å². The molecule has 2 nitrogen and oxygen atoms in total. The molecule has 4 heteroatoms. The maximum atomic E-state index is 12.8. The highest BCUT2D eigenvalue weighted by Crippen LogP contribution is 2.27. The van der Waals surface area contributed by atoms with Crippen LogP contribution in [0.2, 0.25) is 0 Å². The number of halogens is 2. The lowest BCUT2D eigenvalue weighted by Gasteiger charge is -2.10. The first kappa shape index (κ1) is 8.04. The molecule has 0 fully saturated rings. The molecular weight excluding hydrogens is 150 g/mol. The van der Waals surface area contributed by atoms with Crippen molar-refractivity contribution in [2.75, 3.05) is 0 Å². The molecule has 0 amide bonds. The highest BCUT2D eigenvalue weighted by atomic mass is 19.3. The molecule has 0 bridgehead atoms. The van der Waals surface area contributed by atoms with E-state index in [4.69, 9.17) is 0 Å². The van der Waals surface area contributed by atoms with Gasteiger partial charge in [0.1, 0.15) is 0 Å². The fourth-order valence-electron chi connectivity index (χ4n) is 0.646. The molecule has 0 unspecified atom stereocenters. The Balaban J connectivity index is 2.93. The lowest BCUT2D eigenvalue weighted by atomic mass is 10.2. The molecule has 0 aliphatic heterocycles. The summed E-state index contributed by atoms with van der Waals surface area (Å²) in [6.45, 7) is 1.40. The Morgan fingerprint density at radius 3 is 2.36 bits per heavy atom. The van der Waals surface area contributed by atoms with Crippen molar-refractivity contribution in [2.45, 2.75) is 19.3 Å². The van der Waals surface area contributed by atoms with E-state index in [1.165, 1.54) is 25.4 Å². The minimum atomic E-state index is -2.89. The third-order valence-corrected chi connectivity index (χ3v) is 1.34. The molecule has 0 saturated carbocycles. The number of nitrogens with zero attached hydrogens (tertiary/aromatic N) is 2. The summed E-state index contributed by atoms with van der Waals surface area (Å²) in [5, 5.41) is 0. The van der Waals surface area contributed by atoms with E-state index in [1.54, 1.807) is 0 Å². The monoisotopic (exact) mass is 158 g/mol. The van der Waals surface area contributed by atoms with Gasteiger partial charge in [0, 0.05) is 18.8 Å². The molecule has 1 aromatic rings. The van der Waals surface area contributed by atoms with Gasteiger partial charge in [-0.2, -0.15) is 8.78 Å². The summed E-state index contributed by atoms with van der Waals surface area (Å²) in [7, 11) is 0. The van der Waals surface area contributed by atoms with Crippen molar-refractivity contribution >= 4 is 0 Å². The van der Waals surface area contributed by atoms with E-state index in [9.17, 15) is 8.78 Å². The fourth-order valence-corrected chi connectivity index (χ4v) is 0.646. The first-order valence-corrected chi connectivity index (χ1v) is 3.32. The summed E-state index contributed by atoms with van der Waals surface area (Å²) in [6, 6.07) is 1.51. The van der Waals surface area contributed by atoms with E-state index < -0.39 is 11.7 Å². The molecule has 0 radical (unpaired) electrons. The maximum Gasteiger partial charge on any atom is 0.306 e. The predicted molar refractivity (Wildman–Crippen MR) is 36.2 cm³/mol. The lowest BCUT2D eigenvalue weighted by molar-refractivity contribution is -0.0176. The van der Waals surface area contributed by atoms with Crippen molar-refractivity contribution < 1.29 is 8.78 Å². The Hall–Kier alpha value is -1.06. The van der Waals surface area contributed by atoms with Crippen molar-refractivity contribution in [3.05, 3.63) is 24.3 Å². The van der Waals surface area contributed by atoms with Crippen LogP contribution >= 0.6 is 0 Å². The Kier molecular flexibility index (Phi) is 2.12. The summed E-state index contributed by atoms with van der Waals surface area (Å²) in [5.74, 6) is -3.29. The Bertz CT molecular complexity index is 223. The van der Waals surface area contributed by atoms with E-state index in [2.05, 4.69) is 9.97 Å². The number of rotatable bonds is 2. The average Bonchev–Trinajstić information content (AvgIpc) is 2.06. The van der Waals surface area contributed by atoms with Crippen LogP contribution in [0, 0.1) is 0 Å². The van der Waals surface area contributed by atoms with Gasteiger partial charge >= 0.3 is 5.92 Å². The van der Waals surface area contributed by atoms with Gasteiger partial charge in [-0.05, 0) is 6.07 Å². The first-order chi connectivity index (χ1) is 5.17. The van der Waals surface area contributed by atoms with Crippen LogP contribution in [0.5, 0.6) is 0 Å². The fraction of sp³-hybridized carbons (Fsp3) is 0.429. The summed E-state index contributed by atoms with van der Waals surface area (Å²) >= 11 is 0. The molecule has 0 aliphatic rings. The van der Waals surface area contributed by atoms with E-state index in [0.29, 0.717) is 0 Å². The van der Waals surface area contributed by atoms with E-state index in [1.807, 2.05) is 0 Å². The van der Waals surface area contributed by atoms with Gasteiger partial charge in [0.2, 0.25) is 0 Å². The summed E-state index contributed by atoms with van der Waals surface area (Å²) in [4.78, 5) is 6.92. The molecule has 0 spiro atoms. The molecular formula is C7H8F2N2. The number of aromatic nitrogens is 2. The Morgan fingerprint density at radius 1 is 1.36 bits per heavy atom. The van der Waals surface area contributed by atoms with Crippen molar-refractivity contribution in [3.63, 3.8) is 0 Å². The standard InChI is InChI=1S/C7H8F2N2/c1-2-7(8,9)6-10-4-3-5-11-6/h3-5H,2H2,1H3. The zero-order valence-electron chi connectivity index (χ0n) is 6.09. The van der Waals surface area contributed by atoms with E-state index in [0.717, 1.165) is 0 Å². The van der Waals surface area contributed by atoms with Crippen molar-refractivity contribution in [1.29, 1.82) is 0 Å². The van der Waals surface area contributed by atoms with Crippen LogP contribution < -0.4 is 0 Å². The molecule has 0 atom stereocenters. The molecule has 0 aromatic carbocycles. The van der Waals surface area contributed by atoms with Crippen molar-refractivity contribution in [2.24, 2.45) is 0 Å². The highest BCUT2D eigenvalue weighted by molar-refractivity contribution is 4.96. The summed E-state index contributed by atoms with van der Waals surface area (Å²) in [5.41, 5.74) is 0. The van der Waals surface area contributed by atoms with Gasteiger partial charge in [-0.15, -0.1) is 0 Å². The second-order valence-electron chi connectivity index (χ2n) is 2.13. The van der Waals surface area contributed by atoms with Crippen molar-refractivity contribution in [3.8, 4) is 0 Å². The van der Waals surface area contributed by atoms with Gasteiger partial charge in [-0.1, -0.05) is 6.92 Å². The molecule has 1 aromatic heterocycles. The van der Waals surface area contributed by atoms with Gasteiger partial charge in [-0.25, -0.2) is 9.97 Å². The van der Waals surface area contributed by atoms with Gasteiger partial charge < -0.3 is 0 Å². The van der Waals surface area contributed by atoms with Crippen LogP contribution in [-0.4, -0.2) is 9.97 Å². The van der Waals surface area contributed by atoms with Crippen LogP contribution in [0.4, 0.5) is 8.78 Å². The maximum absolute atomic E-state index is 12.8. The normalized spacial score (nSPS) is 11.5. The summed E-state index contributed by atoms with van der Waals surface area (Å²) in [6.07, 6.45) is 2.36. The molecule has 0 aliphatic carbocycles. The minimum Gasteiger partial charge on any atom is -0.236 e. The Morgan fingerprint density at radius 2 is 1.91 bits per heavy atom. The molecule has 0 saturated heterocycles. The lowest BCUT2D eigenvalue weighted by Crippen LogP contribution is -2.15. The third-order valence-electron chi connectivity index (χ3n) is 1.34. The van der Waals surface area contributed by atoms with Gasteiger partial charge in [-0.3, -0.25) is 0 Å². The van der Waals surface area contributed by atoms with Crippen LogP contribution in [0.3, 0.4) is 0 Å². The zero-order valence-corrected chi connectivity index (χ0v) is 6.09. The van der Waals surface area contributed by atoms with E-state index in [-0.39, 0.29) is 6.42 Å². The van der Waals surface area contributed by atoms with Crippen molar-refractivity contribution in [1.82, 2.24) is 9.97 Å². The molecule has 60 valence electrons. The quantitative estimate of drug-likeness (QED) is 0.657. The molecule has 0 N–H and O–H groups in total. The molecule has 1 rings (SSSR count). The van der Waals surface area contributed by atoms with Gasteiger partial charge in [0.05, 0.1) is 0 Å². The average molecular weight is 158 g/mol.